The monoisotopic (exact) mass is 339 g/mol. The average Bonchev–Trinajstić information content (AvgIpc) is 2.94. The molecule has 23 heavy (non-hydrogen) atoms. The first-order valence-corrected chi connectivity index (χ1v) is 7.18. The molecule has 1 aromatic carbocycles. The molecule has 1 heterocycles. The summed E-state index contributed by atoms with van der Waals surface area (Å²) in [6, 6.07) is 6.50. The Hall–Kier alpha value is -2.19. The molecule has 0 unspecified atom stereocenters. The van der Waals surface area contributed by atoms with E-state index in [2.05, 4.69) is 15.5 Å². The summed E-state index contributed by atoms with van der Waals surface area (Å²) in [4.78, 5) is 14.8. The van der Waals surface area contributed by atoms with E-state index in [1.165, 1.54) is 6.07 Å². The number of hydrogen-bond acceptors (Lipinski definition) is 7. The number of rotatable bonds is 6. The van der Waals surface area contributed by atoms with E-state index < -0.39 is 10.5 Å². The van der Waals surface area contributed by atoms with Crippen molar-refractivity contribution in [2.75, 3.05) is 11.9 Å². The Bertz CT molecular complexity index is 687. The smallest absolute Gasteiger partial charge is 0.292 e. The molecule has 0 radical (unpaired) electrons. The van der Waals surface area contributed by atoms with Crippen LogP contribution in [-0.4, -0.2) is 21.6 Å². The third-order valence-corrected chi connectivity index (χ3v) is 3.91. The van der Waals surface area contributed by atoms with Gasteiger partial charge in [-0.05, 0) is 25.3 Å². The highest BCUT2D eigenvalue weighted by Gasteiger charge is 2.38. The summed E-state index contributed by atoms with van der Waals surface area (Å²) < 4.78 is 5.19. The van der Waals surface area contributed by atoms with Crippen LogP contribution in [0.15, 0.2) is 28.8 Å². The Morgan fingerprint density at radius 2 is 2.13 bits per heavy atom. The highest BCUT2D eigenvalue weighted by atomic mass is 35.5. The third kappa shape index (κ3) is 3.59. The van der Waals surface area contributed by atoms with Gasteiger partial charge in [-0.2, -0.15) is 4.98 Å². The maximum Gasteiger partial charge on any atom is 0.292 e. The fourth-order valence-electron chi connectivity index (χ4n) is 2.43. The van der Waals surface area contributed by atoms with Gasteiger partial charge in [0, 0.05) is 19.0 Å². The van der Waals surface area contributed by atoms with E-state index in [-0.39, 0.29) is 18.1 Å². The lowest BCUT2D eigenvalue weighted by Crippen LogP contribution is -2.44. The maximum absolute atomic E-state index is 10.9. The number of nitro groups is 1. The van der Waals surface area contributed by atoms with Gasteiger partial charge in [-0.1, -0.05) is 17.3 Å². The molecular weight excluding hydrogens is 322 g/mol. The van der Waals surface area contributed by atoms with E-state index in [4.69, 9.17) is 10.3 Å². The molecule has 8 nitrogen and oxygen atoms in total. The van der Waals surface area contributed by atoms with E-state index in [1.807, 2.05) is 0 Å². The van der Waals surface area contributed by atoms with Gasteiger partial charge in [-0.15, -0.1) is 12.4 Å². The molecule has 1 aromatic heterocycles. The van der Waals surface area contributed by atoms with Gasteiger partial charge in [0.1, 0.15) is 5.69 Å². The zero-order valence-corrected chi connectivity index (χ0v) is 13.2. The highest BCUT2D eigenvalue weighted by molar-refractivity contribution is 5.85. The number of nitro benzene ring substituents is 1. The highest BCUT2D eigenvalue weighted by Crippen LogP contribution is 2.36. The van der Waals surface area contributed by atoms with E-state index in [1.54, 1.807) is 18.2 Å². The van der Waals surface area contributed by atoms with Crippen LogP contribution in [0.2, 0.25) is 0 Å². The summed E-state index contributed by atoms with van der Waals surface area (Å²) in [5.74, 6) is 1.04. The number of halogens is 1. The lowest BCUT2D eigenvalue weighted by Gasteiger charge is -2.34. The topological polar surface area (TPSA) is 120 Å². The molecule has 0 spiro atoms. The van der Waals surface area contributed by atoms with E-state index in [0.717, 1.165) is 19.3 Å². The van der Waals surface area contributed by atoms with Crippen LogP contribution in [0.5, 0.6) is 0 Å². The molecule has 1 aliphatic carbocycles. The number of aromatic nitrogens is 2. The normalized spacial score (nSPS) is 15.3. The van der Waals surface area contributed by atoms with Crippen LogP contribution < -0.4 is 11.1 Å². The molecule has 3 rings (SSSR count). The van der Waals surface area contributed by atoms with Gasteiger partial charge in [0.25, 0.3) is 5.69 Å². The Kier molecular flexibility index (Phi) is 5.17. The SMILES string of the molecule is Cl.NC1(c2noc(CCNc3ccccc3[N+](=O)[O-])n2)CCC1. The molecule has 2 aromatic rings. The number of hydrogen-bond donors (Lipinski definition) is 2. The fraction of sp³-hybridized carbons (Fsp3) is 0.429. The first-order chi connectivity index (χ1) is 10.6. The van der Waals surface area contributed by atoms with Gasteiger partial charge >= 0.3 is 0 Å². The Morgan fingerprint density at radius 1 is 1.39 bits per heavy atom. The second-order valence-electron chi connectivity index (χ2n) is 5.47. The largest absolute Gasteiger partial charge is 0.379 e. The summed E-state index contributed by atoms with van der Waals surface area (Å²) in [5.41, 5.74) is 6.22. The zero-order chi connectivity index (χ0) is 15.6. The molecule has 1 fully saturated rings. The lowest BCUT2D eigenvalue weighted by molar-refractivity contribution is -0.384. The number of para-hydroxylation sites is 2. The van der Waals surface area contributed by atoms with Crippen molar-refractivity contribution in [3.05, 3.63) is 46.1 Å². The quantitative estimate of drug-likeness (QED) is 0.612. The molecule has 0 bridgehead atoms. The standard InChI is InChI=1S/C14H17N5O3.ClH/c15-14(7-3-8-14)13-17-12(22-18-13)6-9-16-10-4-1-2-5-11(10)19(20)21;/h1-2,4-5,16H,3,6-9,15H2;1H. The van der Waals surface area contributed by atoms with Crippen LogP contribution >= 0.6 is 12.4 Å². The number of benzene rings is 1. The van der Waals surface area contributed by atoms with Crippen LogP contribution in [-0.2, 0) is 12.0 Å². The predicted molar refractivity (Wildman–Crippen MR) is 86.6 cm³/mol. The van der Waals surface area contributed by atoms with Crippen molar-refractivity contribution >= 4 is 23.8 Å². The number of nitrogens with zero attached hydrogens (tertiary/aromatic N) is 3. The molecule has 0 atom stereocenters. The molecule has 9 heteroatoms. The van der Waals surface area contributed by atoms with Gasteiger partial charge < -0.3 is 15.6 Å². The first kappa shape index (κ1) is 17.2. The van der Waals surface area contributed by atoms with E-state index in [0.29, 0.717) is 30.4 Å². The van der Waals surface area contributed by atoms with Crippen LogP contribution in [0.3, 0.4) is 0 Å². The van der Waals surface area contributed by atoms with Gasteiger partial charge in [-0.3, -0.25) is 10.1 Å². The predicted octanol–water partition coefficient (Wildman–Crippen LogP) is 2.39. The summed E-state index contributed by atoms with van der Waals surface area (Å²) in [5, 5.41) is 17.9. The minimum atomic E-state index is -0.437. The van der Waals surface area contributed by atoms with Gasteiger partial charge in [0.2, 0.25) is 5.89 Å². The van der Waals surface area contributed by atoms with Crippen molar-refractivity contribution in [1.29, 1.82) is 0 Å². The molecule has 0 amide bonds. The first-order valence-electron chi connectivity index (χ1n) is 7.18. The molecular formula is C14H18ClN5O3. The molecule has 3 N–H and O–H groups in total. The minimum Gasteiger partial charge on any atom is -0.379 e. The Labute approximate surface area is 139 Å². The zero-order valence-electron chi connectivity index (χ0n) is 12.4. The van der Waals surface area contributed by atoms with Crippen molar-refractivity contribution in [1.82, 2.24) is 10.1 Å². The van der Waals surface area contributed by atoms with Crippen LogP contribution in [0.4, 0.5) is 11.4 Å². The lowest BCUT2D eigenvalue weighted by atomic mass is 9.77. The van der Waals surface area contributed by atoms with Crippen LogP contribution in [0, 0.1) is 10.1 Å². The molecule has 0 aliphatic heterocycles. The van der Waals surface area contributed by atoms with E-state index in [9.17, 15) is 10.1 Å². The maximum atomic E-state index is 10.9. The molecule has 1 saturated carbocycles. The Morgan fingerprint density at radius 3 is 2.78 bits per heavy atom. The van der Waals surface area contributed by atoms with Crippen LogP contribution in [0.25, 0.3) is 0 Å². The summed E-state index contributed by atoms with van der Waals surface area (Å²) in [7, 11) is 0. The summed E-state index contributed by atoms with van der Waals surface area (Å²) in [6.45, 7) is 0.462. The van der Waals surface area contributed by atoms with Gasteiger partial charge in [0.15, 0.2) is 5.82 Å². The molecule has 124 valence electrons. The van der Waals surface area contributed by atoms with Gasteiger partial charge in [-0.25, -0.2) is 0 Å². The number of anilines is 1. The second kappa shape index (κ2) is 6.93. The van der Waals surface area contributed by atoms with Crippen molar-refractivity contribution in [2.45, 2.75) is 31.2 Å². The summed E-state index contributed by atoms with van der Waals surface area (Å²) in [6.07, 6.45) is 3.32. The second-order valence-corrected chi connectivity index (χ2v) is 5.47. The van der Waals surface area contributed by atoms with Gasteiger partial charge in [0.05, 0.1) is 10.5 Å². The Balaban J connectivity index is 0.00000192. The summed E-state index contributed by atoms with van der Waals surface area (Å²) >= 11 is 0. The molecule has 0 saturated heterocycles. The fourth-order valence-corrected chi connectivity index (χ4v) is 2.43. The van der Waals surface area contributed by atoms with Crippen molar-refractivity contribution in [3.8, 4) is 0 Å². The van der Waals surface area contributed by atoms with Crippen molar-refractivity contribution in [3.63, 3.8) is 0 Å². The van der Waals surface area contributed by atoms with Crippen molar-refractivity contribution < 1.29 is 9.45 Å². The van der Waals surface area contributed by atoms with Crippen molar-refractivity contribution in [2.24, 2.45) is 5.73 Å². The minimum absolute atomic E-state index is 0. The molecule has 1 aliphatic rings. The average molecular weight is 340 g/mol. The number of nitrogens with one attached hydrogen (secondary N) is 1. The third-order valence-electron chi connectivity index (χ3n) is 3.91. The van der Waals surface area contributed by atoms with E-state index >= 15 is 0 Å². The number of nitrogens with two attached hydrogens (primary N) is 1. The van der Waals surface area contributed by atoms with Crippen LogP contribution in [0.1, 0.15) is 31.0 Å².